The summed E-state index contributed by atoms with van der Waals surface area (Å²) in [4.78, 5) is 32.0. The van der Waals surface area contributed by atoms with Gasteiger partial charge in [-0.2, -0.15) is 0 Å². The van der Waals surface area contributed by atoms with E-state index in [1.807, 2.05) is 18.2 Å². The highest BCUT2D eigenvalue weighted by molar-refractivity contribution is 8.00. The van der Waals surface area contributed by atoms with Crippen LogP contribution in [0.5, 0.6) is 0 Å². The normalized spacial score (nSPS) is 16.6. The van der Waals surface area contributed by atoms with Crippen LogP contribution >= 0.6 is 46.3 Å². The van der Waals surface area contributed by atoms with E-state index in [1.165, 1.54) is 40.4 Å². The van der Waals surface area contributed by atoms with E-state index in [1.54, 1.807) is 30.3 Å². The molecule has 7 nitrogen and oxygen atoms in total. The number of anilines is 1. The highest BCUT2D eigenvalue weighted by Crippen LogP contribution is 2.45. The standard InChI is InChI=1S/C29H18Cl2N4O3S2/c30-21-9-8-18(14-22(21)31)24-23(25(36)17-10-12-32-13-11-17)26(37)27(38)35(24)28-33-34-29(40-28)39-15-19-6-3-5-16-4-1-2-7-20(16)19/h1-14,24,36H,15H2/b25-23+. The van der Waals surface area contributed by atoms with Crippen LogP contribution in [0.1, 0.15) is 22.7 Å². The second-order valence-corrected chi connectivity index (χ2v) is 11.8. The van der Waals surface area contributed by atoms with E-state index in [0.717, 1.165) is 16.3 Å². The molecule has 0 aliphatic carbocycles. The molecular weight excluding hydrogens is 587 g/mol. The fraction of sp³-hybridized carbons (Fsp3) is 0.0690. The van der Waals surface area contributed by atoms with Gasteiger partial charge in [0.15, 0.2) is 4.34 Å². The molecular formula is C29H18Cl2N4O3S2. The quantitative estimate of drug-likeness (QED) is 0.0713. The summed E-state index contributed by atoms with van der Waals surface area (Å²) in [5.74, 6) is -1.35. The minimum absolute atomic E-state index is 0.0882. The summed E-state index contributed by atoms with van der Waals surface area (Å²) in [5, 5.41) is 22.9. The van der Waals surface area contributed by atoms with Gasteiger partial charge in [0.2, 0.25) is 5.13 Å². The van der Waals surface area contributed by atoms with Crippen molar-refractivity contribution in [3.8, 4) is 0 Å². The number of hydrogen-bond donors (Lipinski definition) is 1. The third kappa shape index (κ3) is 4.86. The molecule has 0 saturated carbocycles. The maximum Gasteiger partial charge on any atom is 0.301 e. The van der Waals surface area contributed by atoms with Crippen molar-refractivity contribution in [3.05, 3.63) is 117 Å². The first-order valence-corrected chi connectivity index (χ1v) is 14.6. The zero-order chi connectivity index (χ0) is 27.8. The van der Waals surface area contributed by atoms with Gasteiger partial charge in [-0.3, -0.25) is 19.5 Å². The number of aliphatic hydroxyl groups excluding tert-OH is 1. The predicted octanol–water partition coefficient (Wildman–Crippen LogP) is 7.31. The Hall–Kier alpha value is -3.76. The molecule has 1 N–H and O–H groups in total. The summed E-state index contributed by atoms with van der Waals surface area (Å²) in [6, 6.07) is 21.2. The number of benzene rings is 3. The number of hydrogen-bond acceptors (Lipinski definition) is 8. The summed E-state index contributed by atoms with van der Waals surface area (Å²) in [7, 11) is 0. The number of amides is 1. The number of rotatable bonds is 6. The number of thioether (sulfide) groups is 1. The Morgan fingerprint density at radius 1 is 0.950 bits per heavy atom. The van der Waals surface area contributed by atoms with Crippen molar-refractivity contribution in [3.63, 3.8) is 0 Å². The molecule has 5 aromatic rings. The van der Waals surface area contributed by atoms with Gasteiger partial charge < -0.3 is 5.11 Å². The molecule has 1 aliphatic rings. The number of aromatic nitrogens is 3. The fourth-order valence-corrected chi connectivity index (χ4v) is 6.79. The average Bonchev–Trinajstić information content (AvgIpc) is 3.55. The Balaban J connectivity index is 1.38. The van der Waals surface area contributed by atoms with Crippen LogP contribution in [0.15, 0.2) is 95.1 Å². The lowest BCUT2D eigenvalue weighted by Crippen LogP contribution is -2.29. The van der Waals surface area contributed by atoms with E-state index < -0.39 is 17.7 Å². The number of fused-ring (bicyclic) bond motifs is 1. The number of pyridine rings is 1. The average molecular weight is 606 g/mol. The first-order chi connectivity index (χ1) is 19.4. The van der Waals surface area contributed by atoms with E-state index in [-0.39, 0.29) is 21.5 Å². The largest absolute Gasteiger partial charge is 0.507 e. The lowest BCUT2D eigenvalue weighted by atomic mass is 9.96. The number of halogens is 2. The molecule has 1 atom stereocenters. The molecule has 40 heavy (non-hydrogen) atoms. The fourth-order valence-electron chi connectivity index (χ4n) is 4.61. The van der Waals surface area contributed by atoms with E-state index in [2.05, 4.69) is 39.4 Å². The zero-order valence-electron chi connectivity index (χ0n) is 20.5. The van der Waals surface area contributed by atoms with Gasteiger partial charge in [0, 0.05) is 23.7 Å². The Kier molecular flexibility index (Phi) is 7.29. The lowest BCUT2D eigenvalue weighted by molar-refractivity contribution is -0.132. The number of carbonyl (C=O) groups is 2. The highest BCUT2D eigenvalue weighted by atomic mass is 35.5. The minimum atomic E-state index is -0.994. The smallest absolute Gasteiger partial charge is 0.301 e. The Morgan fingerprint density at radius 3 is 2.52 bits per heavy atom. The molecule has 0 bridgehead atoms. The van der Waals surface area contributed by atoms with E-state index in [9.17, 15) is 14.7 Å². The molecule has 1 aliphatic heterocycles. The molecule has 198 valence electrons. The van der Waals surface area contributed by atoms with Crippen molar-refractivity contribution in [2.45, 2.75) is 16.1 Å². The van der Waals surface area contributed by atoms with Crippen LogP contribution in [0.4, 0.5) is 5.13 Å². The first kappa shape index (κ1) is 26.5. The van der Waals surface area contributed by atoms with Crippen LogP contribution in [0.3, 0.4) is 0 Å². The summed E-state index contributed by atoms with van der Waals surface area (Å²) in [6.07, 6.45) is 2.98. The number of aliphatic hydroxyl groups is 1. The molecule has 1 amide bonds. The predicted molar refractivity (Wildman–Crippen MR) is 159 cm³/mol. The van der Waals surface area contributed by atoms with E-state index in [0.29, 0.717) is 26.2 Å². The van der Waals surface area contributed by atoms with Crippen LogP contribution < -0.4 is 4.90 Å². The van der Waals surface area contributed by atoms with Crippen molar-refractivity contribution in [2.75, 3.05) is 4.90 Å². The summed E-state index contributed by atoms with van der Waals surface area (Å²) < 4.78 is 0.631. The van der Waals surface area contributed by atoms with Gasteiger partial charge in [-0.15, -0.1) is 10.2 Å². The molecule has 11 heteroatoms. The third-order valence-corrected chi connectivity index (χ3v) is 9.33. The van der Waals surface area contributed by atoms with Gasteiger partial charge in [-0.05, 0) is 46.2 Å². The number of ketones is 1. The SMILES string of the molecule is O=C1C(=O)N(c2nnc(SCc3cccc4ccccc34)s2)C(c2ccc(Cl)c(Cl)c2)/C1=C(\O)c1ccncc1. The van der Waals surface area contributed by atoms with Crippen LogP contribution in [0.2, 0.25) is 10.0 Å². The molecule has 1 fully saturated rings. The molecule has 6 rings (SSSR count). The highest BCUT2D eigenvalue weighted by Gasteiger charge is 2.48. The Labute approximate surface area is 247 Å². The van der Waals surface area contributed by atoms with Crippen LogP contribution in [0, 0.1) is 0 Å². The lowest BCUT2D eigenvalue weighted by Gasteiger charge is -2.22. The van der Waals surface area contributed by atoms with Crippen LogP contribution in [-0.2, 0) is 15.3 Å². The van der Waals surface area contributed by atoms with Gasteiger partial charge in [0.25, 0.3) is 5.78 Å². The van der Waals surface area contributed by atoms with Crippen LogP contribution in [-0.4, -0.2) is 32.0 Å². The van der Waals surface area contributed by atoms with E-state index >= 15 is 0 Å². The maximum atomic E-state index is 13.4. The third-order valence-electron chi connectivity index (χ3n) is 6.49. The first-order valence-electron chi connectivity index (χ1n) is 12.0. The van der Waals surface area contributed by atoms with Crippen molar-refractivity contribution >= 4 is 79.7 Å². The van der Waals surface area contributed by atoms with Crippen molar-refractivity contribution in [2.24, 2.45) is 0 Å². The molecule has 3 heterocycles. The summed E-state index contributed by atoms with van der Waals surface area (Å²) >= 11 is 15.1. The van der Waals surface area contributed by atoms with Gasteiger partial charge in [-0.25, -0.2) is 0 Å². The van der Waals surface area contributed by atoms with Crippen molar-refractivity contribution in [1.82, 2.24) is 15.2 Å². The van der Waals surface area contributed by atoms with Crippen molar-refractivity contribution < 1.29 is 14.7 Å². The van der Waals surface area contributed by atoms with Crippen LogP contribution in [0.25, 0.3) is 16.5 Å². The zero-order valence-corrected chi connectivity index (χ0v) is 23.6. The topological polar surface area (TPSA) is 96.3 Å². The molecule has 3 aromatic carbocycles. The molecule has 0 radical (unpaired) electrons. The Morgan fingerprint density at radius 2 is 1.73 bits per heavy atom. The molecule has 1 saturated heterocycles. The summed E-state index contributed by atoms with van der Waals surface area (Å²) in [6.45, 7) is 0. The van der Waals surface area contributed by atoms with E-state index in [4.69, 9.17) is 23.2 Å². The molecule has 0 spiro atoms. The number of nitrogens with zero attached hydrogens (tertiary/aromatic N) is 4. The summed E-state index contributed by atoms with van der Waals surface area (Å²) in [5.41, 5.74) is 1.90. The van der Waals surface area contributed by atoms with Gasteiger partial charge in [0.1, 0.15) is 5.76 Å². The van der Waals surface area contributed by atoms with Gasteiger partial charge in [-0.1, -0.05) is 94.8 Å². The monoisotopic (exact) mass is 604 g/mol. The number of carbonyl (C=O) groups excluding carboxylic acids is 2. The second-order valence-electron chi connectivity index (χ2n) is 8.86. The number of Topliss-reactive ketones (excluding diaryl/α,β-unsaturated/α-hetero) is 1. The minimum Gasteiger partial charge on any atom is -0.507 e. The van der Waals surface area contributed by atoms with Gasteiger partial charge >= 0.3 is 5.91 Å². The molecule has 1 unspecified atom stereocenters. The maximum absolute atomic E-state index is 13.4. The van der Waals surface area contributed by atoms with Crippen molar-refractivity contribution in [1.29, 1.82) is 0 Å². The second kappa shape index (κ2) is 11.0. The van der Waals surface area contributed by atoms with Gasteiger partial charge in [0.05, 0.1) is 21.7 Å². The molecule has 2 aromatic heterocycles. The Bertz CT molecular complexity index is 1800.